The summed E-state index contributed by atoms with van der Waals surface area (Å²) in [5.41, 5.74) is -0.475. The van der Waals surface area contributed by atoms with Crippen LogP contribution in [0.5, 0.6) is 0 Å². The second kappa shape index (κ2) is 11.0. The van der Waals surface area contributed by atoms with E-state index in [9.17, 15) is 13.2 Å². The minimum Gasteiger partial charge on any atom is -0.473 e. The summed E-state index contributed by atoms with van der Waals surface area (Å²) < 4.78 is 31.7. The third-order valence-corrected chi connectivity index (χ3v) is 3.72. The highest BCUT2D eigenvalue weighted by Crippen LogP contribution is 2.12. The molecule has 158 valence electrons. The van der Waals surface area contributed by atoms with Gasteiger partial charge in [0.25, 0.3) is 10.1 Å². The average molecular weight is 412 g/mol. The monoisotopic (exact) mass is 412 g/mol. The fraction of sp³-hybridized carbons (Fsp3) is 0.800. The van der Waals surface area contributed by atoms with E-state index < -0.39 is 27.7 Å². The third kappa shape index (κ3) is 13.9. The molecule has 1 aliphatic heterocycles. The molecule has 1 amide bonds. The maximum atomic E-state index is 11.9. The molecule has 1 rings (SSSR count). The molecular formula is C15H28N2O9S. The lowest BCUT2D eigenvalue weighted by Gasteiger charge is -2.35. The van der Waals surface area contributed by atoms with E-state index in [1.165, 1.54) is 0 Å². The van der Waals surface area contributed by atoms with Gasteiger partial charge in [-0.1, -0.05) is 0 Å². The van der Waals surface area contributed by atoms with E-state index >= 15 is 0 Å². The van der Waals surface area contributed by atoms with Crippen molar-refractivity contribution in [2.24, 2.45) is 0 Å². The Morgan fingerprint density at radius 2 is 1.48 bits per heavy atom. The Balaban J connectivity index is 0.000000972. The lowest BCUT2D eigenvalue weighted by Crippen LogP contribution is -2.50. The van der Waals surface area contributed by atoms with Crippen LogP contribution in [0.25, 0.3) is 0 Å². The Hall–Kier alpha value is -1.92. The van der Waals surface area contributed by atoms with Crippen molar-refractivity contribution in [2.75, 3.05) is 45.6 Å². The number of carboxylic acids is 2. The number of carbonyl (C=O) groups is 3. The predicted molar refractivity (Wildman–Crippen MR) is 94.9 cm³/mol. The third-order valence-electron chi connectivity index (χ3n) is 3.12. The van der Waals surface area contributed by atoms with Gasteiger partial charge in [-0.25, -0.2) is 14.4 Å². The summed E-state index contributed by atoms with van der Waals surface area (Å²) in [5, 5.41) is 14.8. The zero-order chi connectivity index (χ0) is 21.3. The van der Waals surface area contributed by atoms with Crippen molar-refractivity contribution < 1.29 is 41.9 Å². The van der Waals surface area contributed by atoms with Crippen LogP contribution in [0.1, 0.15) is 27.2 Å². The largest absolute Gasteiger partial charge is 0.473 e. The Morgan fingerprint density at radius 1 is 1.00 bits per heavy atom. The molecule has 1 aliphatic rings. The molecule has 12 heteroatoms. The summed E-state index contributed by atoms with van der Waals surface area (Å²) >= 11 is 0. The molecule has 0 aliphatic carbocycles. The van der Waals surface area contributed by atoms with Crippen LogP contribution in [0.15, 0.2) is 0 Å². The van der Waals surface area contributed by atoms with Gasteiger partial charge >= 0.3 is 18.0 Å². The van der Waals surface area contributed by atoms with E-state index in [0.29, 0.717) is 19.5 Å². The number of carbonyl (C=O) groups excluding carboxylic acids is 1. The number of aliphatic carboxylic acids is 2. The molecular weight excluding hydrogens is 384 g/mol. The van der Waals surface area contributed by atoms with Crippen LogP contribution >= 0.6 is 0 Å². The molecule has 0 aromatic carbocycles. The molecule has 0 aromatic heterocycles. The van der Waals surface area contributed by atoms with Gasteiger partial charge in [-0.15, -0.1) is 0 Å². The van der Waals surface area contributed by atoms with Crippen molar-refractivity contribution >= 4 is 28.1 Å². The van der Waals surface area contributed by atoms with Gasteiger partial charge < -0.3 is 19.8 Å². The summed E-state index contributed by atoms with van der Waals surface area (Å²) in [5.74, 6) is -3.65. The highest BCUT2D eigenvalue weighted by Gasteiger charge is 2.25. The van der Waals surface area contributed by atoms with E-state index in [1.54, 1.807) is 4.90 Å². The first kappa shape index (κ1) is 25.1. The van der Waals surface area contributed by atoms with E-state index in [1.807, 2.05) is 20.8 Å². The van der Waals surface area contributed by atoms with E-state index in [-0.39, 0.29) is 12.7 Å². The summed E-state index contributed by atoms with van der Waals surface area (Å²) in [6, 6.07) is 0. The lowest BCUT2D eigenvalue weighted by atomic mass is 10.2. The van der Waals surface area contributed by atoms with Crippen LogP contribution in [-0.4, -0.2) is 97.7 Å². The van der Waals surface area contributed by atoms with Crippen LogP contribution in [-0.2, 0) is 28.6 Å². The van der Waals surface area contributed by atoms with Gasteiger partial charge in [-0.3, -0.25) is 9.08 Å². The van der Waals surface area contributed by atoms with E-state index in [0.717, 1.165) is 25.9 Å². The molecule has 1 saturated heterocycles. The smallest absolute Gasteiger partial charge is 0.414 e. The maximum absolute atomic E-state index is 11.9. The van der Waals surface area contributed by atoms with Crippen molar-refractivity contribution in [1.82, 2.24) is 9.80 Å². The quantitative estimate of drug-likeness (QED) is 0.360. The second-order valence-electron chi connectivity index (χ2n) is 6.80. The number of carboxylic acid groups (broad SMARTS) is 2. The molecule has 0 radical (unpaired) electrons. The topological polar surface area (TPSA) is 151 Å². The first-order valence-electron chi connectivity index (χ1n) is 8.22. The van der Waals surface area contributed by atoms with Gasteiger partial charge in [-0.05, 0) is 27.2 Å². The van der Waals surface area contributed by atoms with Crippen LogP contribution in [0.2, 0.25) is 0 Å². The molecule has 0 atom stereocenters. The van der Waals surface area contributed by atoms with Gasteiger partial charge in [0.2, 0.25) is 0 Å². The Kier molecular flexibility index (Phi) is 10.3. The minimum absolute atomic E-state index is 0.200. The second-order valence-corrected chi connectivity index (χ2v) is 8.44. The predicted octanol–water partition coefficient (Wildman–Crippen LogP) is 0.0610. The number of hydrogen-bond donors (Lipinski definition) is 2. The number of nitrogens with zero attached hydrogens (tertiary/aromatic N) is 2. The van der Waals surface area contributed by atoms with Gasteiger partial charge in [-0.2, -0.15) is 8.42 Å². The van der Waals surface area contributed by atoms with E-state index in [2.05, 4.69) is 4.90 Å². The van der Waals surface area contributed by atoms with Crippen LogP contribution in [0.3, 0.4) is 0 Å². The number of hydrogen-bond acceptors (Lipinski definition) is 8. The zero-order valence-corrected chi connectivity index (χ0v) is 16.8. The number of rotatable bonds is 5. The van der Waals surface area contributed by atoms with Crippen molar-refractivity contribution in [3.63, 3.8) is 0 Å². The summed E-state index contributed by atoms with van der Waals surface area (Å²) in [6.07, 6.45) is 1.43. The lowest BCUT2D eigenvalue weighted by molar-refractivity contribution is -0.159. The Morgan fingerprint density at radius 3 is 1.85 bits per heavy atom. The summed E-state index contributed by atoms with van der Waals surface area (Å²) in [6.45, 7) is 9.29. The zero-order valence-electron chi connectivity index (χ0n) is 16.0. The minimum atomic E-state index is -3.35. The fourth-order valence-electron chi connectivity index (χ4n) is 1.98. The molecule has 1 heterocycles. The fourth-order valence-corrected chi connectivity index (χ4v) is 2.40. The van der Waals surface area contributed by atoms with Crippen LogP contribution in [0, 0.1) is 0 Å². The van der Waals surface area contributed by atoms with Gasteiger partial charge in [0.1, 0.15) is 5.60 Å². The molecule has 11 nitrogen and oxygen atoms in total. The molecule has 1 fully saturated rings. The van der Waals surface area contributed by atoms with Crippen LogP contribution < -0.4 is 0 Å². The highest BCUT2D eigenvalue weighted by molar-refractivity contribution is 7.85. The molecule has 0 bridgehead atoms. The van der Waals surface area contributed by atoms with Crippen molar-refractivity contribution in [1.29, 1.82) is 0 Å². The Labute approximate surface area is 159 Å². The first-order chi connectivity index (χ1) is 12.2. The number of ether oxygens (including phenoxy) is 1. The SMILES string of the molecule is CC(C)(C)OC(=O)N1CCN(CCCOS(C)(=O)=O)CC1.O=C(O)C(=O)O. The average Bonchev–Trinajstić information content (AvgIpc) is 2.50. The van der Waals surface area contributed by atoms with Gasteiger partial charge in [0.05, 0.1) is 12.9 Å². The van der Waals surface area contributed by atoms with E-state index in [4.69, 9.17) is 28.7 Å². The highest BCUT2D eigenvalue weighted by atomic mass is 32.2. The molecule has 0 spiro atoms. The van der Waals surface area contributed by atoms with Crippen molar-refractivity contribution in [2.45, 2.75) is 32.8 Å². The van der Waals surface area contributed by atoms with Crippen molar-refractivity contribution in [3.8, 4) is 0 Å². The summed E-state index contributed by atoms with van der Waals surface area (Å²) in [4.78, 5) is 34.0. The Bertz CT molecular complexity index is 593. The molecule has 0 saturated carbocycles. The number of piperazine rings is 1. The van der Waals surface area contributed by atoms with Crippen LogP contribution in [0.4, 0.5) is 4.79 Å². The standard InChI is InChI=1S/C13H26N2O5S.C2H2O4/c1-13(2,3)20-12(16)15-9-7-14(8-10-15)6-5-11-19-21(4,17)18;3-1(4)2(5)6/h5-11H2,1-4H3;(H,3,4)(H,5,6). The van der Waals surface area contributed by atoms with Gasteiger partial charge in [0.15, 0.2) is 0 Å². The normalized spacial score (nSPS) is 15.5. The molecule has 0 unspecified atom stereocenters. The maximum Gasteiger partial charge on any atom is 0.414 e. The number of amides is 1. The van der Waals surface area contributed by atoms with Crippen molar-refractivity contribution in [3.05, 3.63) is 0 Å². The van der Waals surface area contributed by atoms with Gasteiger partial charge in [0, 0.05) is 32.7 Å². The molecule has 2 N–H and O–H groups in total. The summed E-state index contributed by atoms with van der Waals surface area (Å²) in [7, 11) is -3.35. The molecule has 27 heavy (non-hydrogen) atoms. The first-order valence-corrected chi connectivity index (χ1v) is 10.0. The molecule has 0 aromatic rings.